The van der Waals surface area contributed by atoms with Gasteiger partial charge in [-0.2, -0.15) is 0 Å². The van der Waals surface area contributed by atoms with E-state index >= 15 is 0 Å². The van der Waals surface area contributed by atoms with E-state index in [1.165, 1.54) is 11.3 Å². The molecule has 0 saturated carbocycles. The van der Waals surface area contributed by atoms with Gasteiger partial charge in [0.1, 0.15) is 11.5 Å². The normalized spacial score (nSPS) is 14.7. The fourth-order valence-corrected chi connectivity index (χ4v) is 5.15. The number of anilines is 2. The van der Waals surface area contributed by atoms with E-state index in [1.54, 1.807) is 25.6 Å². The SMILES string of the molecule is COc1ccccc1N1CCN(CCCOc2cccc3c2N(C(=O)c2cccnc2)CCC3)CC1.Cl.Cl.Cl. The number of para-hydroxylation sites is 3. The molecule has 0 bridgehead atoms. The van der Waals surface area contributed by atoms with Crippen molar-refractivity contribution in [1.82, 2.24) is 9.88 Å². The first kappa shape index (κ1) is 32.5. The summed E-state index contributed by atoms with van der Waals surface area (Å²) in [5, 5.41) is 0. The zero-order chi connectivity index (χ0) is 24.7. The predicted octanol–water partition coefficient (Wildman–Crippen LogP) is 5.54. The lowest BCUT2D eigenvalue weighted by molar-refractivity contribution is 0.0983. The fraction of sp³-hybridized carbons (Fsp3) is 0.379. The molecule has 1 amide bonds. The summed E-state index contributed by atoms with van der Waals surface area (Å²) in [4.78, 5) is 24.1. The molecule has 3 aromatic rings. The highest BCUT2D eigenvalue weighted by Gasteiger charge is 2.27. The molecule has 1 fully saturated rings. The maximum absolute atomic E-state index is 13.2. The predicted molar refractivity (Wildman–Crippen MR) is 164 cm³/mol. The maximum atomic E-state index is 13.2. The topological polar surface area (TPSA) is 58.1 Å². The Hall–Kier alpha value is -2.71. The van der Waals surface area contributed by atoms with Crippen LogP contribution in [-0.4, -0.2) is 68.8 Å². The third kappa shape index (κ3) is 7.70. The fourth-order valence-electron chi connectivity index (χ4n) is 5.15. The number of aromatic nitrogens is 1. The van der Waals surface area contributed by atoms with Gasteiger partial charge in [-0.15, -0.1) is 37.2 Å². The van der Waals surface area contributed by atoms with Crippen LogP contribution in [0.1, 0.15) is 28.8 Å². The molecule has 39 heavy (non-hydrogen) atoms. The number of rotatable bonds is 8. The van der Waals surface area contributed by atoms with Crippen molar-refractivity contribution in [3.05, 3.63) is 78.1 Å². The minimum absolute atomic E-state index is 0. The van der Waals surface area contributed by atoms with Crippen molar-refractivity contribution in [2.45, 2.75) is 19.3 Å². The second-order valence-electron chi connectivity index (χ2n) is 9.27. The number of carbonyl (C=O) groups excluding carboxylic acids is 1. The largest absolute Gasteiger partial charge is 0.495 e. The van der Waals surface area contributed by atoms with Gasteiger partial charge >= 0.3 is 0 Å². The Bertz CT molecular complexity index is 1180. The molecule has 0 spiro atoms. The summed E-state index contributed by atoms with van der Waals surface area (Å²) < 4.78 is 11.8. The molecule has 2 aliphatic heterocycles. The van der Waals surface area contributed by atoms with Crippen molar-refractivity contribution < 1.29 is 14.3 Å². The molecule has 7 nitrogen and oxygen atoms in total. The summed E-state index contributed by atoms with van der Waals surface area (Å²) in [5.41, 5.74) is 3.86. The van der Waals surface area contributed by atoms with Crippen LogP contribution in [0.4, 0.5) is 11.4 Å². The summed E-state index contributed by atoms with van der Waals surface area (Å²) in [6, 6.07) is 18.0. The highest BCUT2D eigenvalue weighted by atomic mass is 35.5. The minimum atomic E-state index is -0.0204. The van der Waals surface area contributed by atoms with Gasteiger partial charge in [0.25, 0.3) is 5.91 Å². The monoisotopic (exact) mass is 594 g/mol. The van der Waals surface area contributed by atoms with Crippen LogP contribution in [0.5, 0.6) is 11.5 Å². The van der Waals surface area contributed by atoms with Gasteiger partial charge in [0.2, 0.25) is 0 Å². The van der Waals surface area contributed by atoms with Gasteiger partial charge in [-0.1, -0.05) is 24.3 Å². The Kier molecular flexibility index (Phi) is 13.1. The number of amides is 1. The van der Waals surface area contributed by atoms with Crippen LogP contribution in [0.15, 0.2) is 67.0 Å². The van der Waals surface area contributed by atoms with Crippen molar-refractivity contribution in [2.75, 3.05) is 62.8 Å². The maximum Gasteiger partial charge on any atom is 0.259 e. The third-order valence-electron chi connectivity index (χ3n) is 7.01. The van der Waals surface area contributed by atoms with Crippen molar-refractivity contribution in [3.63, 3.8) is 0 Å². The van der Waals surface area contributed by atoms with E-state index in [2.05, 4.69) is 33.0 Å². The Labute approximate surface area is 249 Å². The summed E-state index contributed by atoms with van der Waals surface area (Å²) in [6.45, 7) is 6.32. The molecule has 2 aliphatic rings. The number of pyridine rings is 1. The lowest BCUT2D eigenvalue weighted by Gasteiger charge is -2.36. The van der Waals surface area contributed by atoms with Crippen LogP contribution >= 0.6 is 37.2 Å². The van der Waals surface area contributed by atoms with Crippen molar-refractivity contribution in [3.8, 4) is 11.5 Å². The van der Waals surface area contributed by atoms with Crippen molar-refractivity contribution in [1.29, 1.82) is 0 Å². The standard InChI is InChI=1S/C29H34N4O3.3ClH/c1-35-26-12-3-2-11-25(26)32-19-17-31(18-20-32)15-7-21-36-27-13-4-8-23-10-6-16-33(28(23)27)29(34)24-9-5-14-30-22-24;;;/h2-5,8-9,11-14,22H,6-7,10,15-21H2,1H3;3*1H. The van der Waals surface area contributed by atoms with Crippen LogP contribution in [0, 0.1) is 0 Å². The first-order chi connectivity index (χ1) is 17.7. The number of benzene rings is 2. The lowest BCUT2D eigenvalue weighted by Crippen LogP contribution is -2.46. The van der Waals surface area contributed by atoms with E-state index in [-0.39, 0.29) is 43.1 Å². The zero-order valence-electron chi connectivity index (χ0n) is 22.2. The van der Waals surface area contributed by atoms with E-state index < -0.39 is 0 Å². The molecule has 3 heterocycles. The minimum Gasteiger partial charge on any atom is -0.495 e. The summed E-state index contributed by atoms with van der Waals surface area (Å²) in [6.07, 6.45) is 6.17. The van der Waals surface area contributed by atoms with Gasteiger partial charge < -0.3 is 19.3 Å². The molecule has 5 rings (SSSR count). The highest BCUT2D eigenvalue weighted by Crippen LogP contribution is 2.37. The average molecular weight is 596 g/mol. The van der Waals surface area contributed by atoms with Crippen LogP contribution < -0.4 is 19.3 Å². The lowest BCUT2D eigenvalue weighted by atomic mass is 10.00. The highest BCUT2D eigenvalue weighted by molar-refractivity contribution is 6.07. The number of ether oxygens (including phenoxy) is 2. The van der Waals surface area contributed by atoms with E-state index in [9.17, 15) is 4.79 Å². The van der Waals surface area contributed by atoms with Gasteiger partial charge in [-0.3, -0.25) is 14.7 Å². The first-order valence-electron chi connectivity index (χ1n) is 12.8. The van der Waals surface area contributed by atoms with Crippen LogP contribution in [0.2, 0.25) is 0 Å². The third-order valence-corrected chi connectivity index (χ3v) is 7.01. The molecular formula is C29H37Cl3N4O3. The molecule has 0 N–H and O–H groups in total. The Morgan fingerprint density at radius 2 is 1.67 bits per heavy atom. The van der Waals surface area contributed by atoms with Crippen LogP contribution in [-0.2, 0) is 6.42 Å². The van der Waals surface area contributed by atoms with Gasteiger partial charge in [-0.25, -0.2) is 0 Å². The molecular weight excluding hydrogens is 559 g/mol. The van der Waals surface area contributed by atoms with E-state index in [1.807, 2.05) is 35.2 Å². The summed E-state index contributed by atoms with van der Waals surface area (Å²) >= 11 is 0. The van der Waals surface area contributed by atoms with Gasteiger partial charge in [0.05, 0.1) is 30.7 Å². The molecule has 212 valence electrons. The molecule has 0 unspecified atom stereocenters. The molecule has 0 atom stereocenters. The Balaban J connectivity index is 0.00000178. The van der Waals surface area contributed by atoms with Crippen molar-refractivity contribution >= 4 is 54.5 Å². The number of hydrogen-bond acceptors (Lipinski definition) is 6. The second-order valence-corrected chi connectivity index (χ2v) is 9.27. The van der Waals surface area contributed by atoms with E-state index in [4.69, 9.17) is 9.47 Å². The zero-order valence-corrected chi connectivity index (χ0v) is 24.6. The molecule has 0 radical (unpaired) electrons. The number of methoxy groups -OCH3 is 1. The van der Waals surface area contributed by atoms with Gasteiger partial charge in [0.15, 0.2) is 0 Å². The van der Waals surface area contributed by atoms with E-state index in [0.29, 0.717) is 18.7 Å². The molecule has 2 aromatic carbocycles. The summed E-state index contributed by atoms with van der Waals surface area (Å²) in [5.74, 6) is 1.71. The van der Waals surface area contributed by atoms with Crippen LogP contribution in [0.3, 0.4) is 0 Å². The number of hydrogen-bond donors (Lipinski definition) is 0. The number of halogens is 3. The van der Waals surface area contributed by atoms with Crippen LogP contribution in [0.25, 0.3) is 0 Å². The quantitative estimate of drug-likeness (QED) is 0.319. The summed E-state index contributed by atoms with van der Waals surface area (Å²) in [7, 11) is 1.73. The number of piperazine rings is 1. The van der Waals surface area contributed by atoms with Gasteiger partial charge in [0, 0.05) is 51.7 Å². The smallest absolute Gasteiger partial charge is 0.259 e. The number of nitrogens with zero attached hydrogens (tertiary/aromatic N) is 4. The average Bonchev–Trinajstić information content (AvgIpc) is 2.95. The Morgan fingerprint density at radius 3 is 2.41 bits per heavy atom. The van der Waals surface area contributed by atoms with Gasteiger partial charge in [-0.05, 0) is 55.2 Å². The van der Waals surface area contributed by atoms with Crippen molar-refractivity contribution in [2.24, 2.45) is 0 Å². The molecule has 10 heteroatoms. The van der Waals surface area contributed by atoms with E-state index in [0.717, 1.165) is 69.2 Å². The molecule has 0 aliphatic carbocycles. The molecule has 1 saturated heterocycles. The number of carbonyl (C=O) groups is 1. The molecule has 1 aromatic heterocycles. The second kappa shape index (κ2) is 15.8. The first-order valence-corrected chi connectivity index (χ1v) is 12.8. The number of fused-ring (bicyclic) bond motifs is 1. The Morgan fingerprint density at radius 1 is 0.897 bits per heavy atom. The number of aryl methyl sites for hydroxylation is 1.